The lowest BCUT2D eigenvalue weighted by atomic mass is 10.1. The smallest absolute Gasteiger partial charge is 0.333 e. The third kappa shape index (κ3) is 3.46. The molecule has 0 spiro atoms. The number of methoxy groups -OCH3 is 1. The molecule has 0 fully saturated rings. The van der Waals surface area contributed by atoms with E-state index in [1.165, 1.54) is 7.11 Å². The largest absolute Gasteiger partial charge is 0.468 e. The van der Waals surface area contributed by atoms with Gasteiger partial charge in [-0.1, -0.05) is 12.1 Å². The van der Waals surface area contributed by atoms with Gasteiger partial charge in [-0.3, -0.25) is 13.9 Å². The molecule has 0 aliphatic heterocycles. The van der Waals surface area contributed by atoms with E-state index in [0.29, 0.717) is 6.42 Å². The first kappa shape index (κ1) is 18.7. The van der Waals surface area contributed by atoms with E-state index in [1.807, 2.05) is 61.5 Å². The first-order chi connectivity index (χ1) is 12.8. The number of aromatic nitrogens is 2. The lowest BCUT2D eigenvalue weighted by Crippen LogP contribution is -2.33. The number of carbonyl (C=O) groups excluding carboxylic acids is 1. The Morgan fingerprint density at radius 1 is 1.15 bits per heavy atom. The van der Waals surface area contributed by atoms with Crippen molar-refractivity contribution in [1.82, 2.24) is 9.13 Å². The number of rotatable bonds is 5. The van der Waals surface area contributed by atoms with Gasteiger partial charge < -0.3 is 15.4 Å². The molecule has 0 bridgehead atoms. The monoisotopic (exact) mass is 368 g/mol. The maximum Gasteiger partial charge on any atom is 0.333 e. The zero-order chi connectivity index (χ0) is 19.7. The number of hydrogen-bond acceptors (Lipinski definition) is 5. The number of fused-ring (bicyclic) bond motifs is 1. The molecular formula is C20H24N4O3. The molecule has 0 saturated heterocycles. The molecule has 3 aromatic rings. The minimum Gasteiger partial charge on any atom is -0.468 e. The van der Waals surface area contributed by atoms with Gasteiger partial charge in [0.25, 0.3) is 0 Å². The summed E-state index contributed by atoms with van der Waals surface area (Å²) in [6, 6.07) is 12.7. The fourth-order valence-corrected chi connectivity index (χ4v) is 3.12. The standard InChI is InChI=1S/C20H24N4O3/c1-22(2)15-9-10-17-18(12-15)23(3)20(26)24(17)14-7-5-13(6-8-14)11-16(21)19(25)27-4/h5-10,12,16H,11,21H2,1-4H3. The minimum atomic E-state index is -0.703. The molecule has 142 valence electrons. The molecule has 0 amide bonds. The molecule has 3 rings (SSSR count). The molecule has 1 heterocycles. The SMILES string of the molecule is COC(=O)C(N)Cc1ccc(-n2c(=O)n(C)c3cc(N(C)C)ccc32)cc1. The number of nitrogens with zero attached hydrogens (tertiary/aromatic N) is 3. The average Bonchev–Trinajstić information content (AvgIpc) is 2.92. The highest BCUT2D eigenvalue weighted by Crippen LogP contribution is 2.22. The number of nitrogens with two attached hydrogens (primary N) is 1. The van der Waals surface area contributed by atoms with Crippen molar-refractivity contribution in [2.45, 2.75) is 12.5 Å². The van der Waals surface area contributed by atoms with E-state index in [-0.39, 0.29) is 5.69 Å². The van der Waals surface area contributed by atoms with E-state index >= 15 is 0 Å². The van der Waals surface area contributed by atoms with Gasteiger partial charge in [0.1, 0.15) is 6.04 Å². The summed E-state index contributed by atoms with van der Waals surface area (Å²) in [4.78, 5) is 26.3. The van der Waals surface area contributed by atoms with Gasteiger partial charge in [-0.15, -0.1) is 0 Å². The summed E-state index contributed by atoms with van der Waals surface area (Å²) in [6.45, 7) is 0. The Labute approximate surface area is 157 Å². The van der Waals surface area contributed by atoms with Crippen LogP contribution in [0.5, 0.6) is 0 Å². The quantitative estimate of drug-likeness (QED) is 0.689. The van der Waals surface area contributed by atoms with Gasteiger partial charge >= 0.3 is 11.7 Å². The minimum absolute atomic E-state index is 0.111. The van der Waals surface area contributed by atoms with Gasteiger partial charge in [-0.2, -0.15) is 0 Å². The highest BCUT2D eigenvalue weighted by atomic mass is 16.5. The normalized spacial score (nSPS) is 12.2. The third-order valence-electron chi connectivity index (χ3n) is 4.71. The number of hydrogen-bond donors (Lipinski definition) is 1. The summed E-state index contributed by atoms with van der Waals surface area (Å²) in [5.74, 6) is -0.443. The molecule has 0 aliphatic rings. The Bertz CT molecular complexity index is 1030. The number of imidazole rings is 1. The van der Waals surface area contributed by atoms with Crippen LogP contribution in [0.25, 0.3) is 16.7 Å². The predicted molar refractivity (Wildman–Crippen MR) is 107 cm³/mol. The fourth-order valence-electron chi connectivity index (χ4n) is 3.12. The van der Waals surface area contributed by atoms with Crippen LogP contribution in [0.3, 0.4) is 0 Å². The van der Waals surface area contributed by atoms with Crippen molar-refractivity contribution in [2.75, 3.05) is 26.1 Å². The van der Waals surface area contributed by atoms with Crippen LogP contribution < -0.4 is 16.3 Å². The van der Waals surface area contributed by atoms with Crippen molar-refractivity contribution in [2.24, 2.45) is 12.8 Å². The molecule has 2 N–H and O–H groups in total. The van der Waals surface area contributed by atoms with Gasteiger partial charge in [0.05, 0.1) is 23.8 Å². The average molecular weight is 368 g/mol. The van der Waals surface area contributed by atoms with Gasteiger partial charge in [0.15, 0.2) is 0 Å². The van der Waals surface area contributed by atoms with Gasteiger partial charge in [0, 0.05) is 26.8 Å². The number of aryl methyl sites for hydroxylation is 1. The molecule has 0 aliphatic carbocycles. The van der Waals surface area contributed by atoms with Crippen LogP contribution in [0.2, 0.25) is 0 Å². The van der Waals surface area contributed by atoms with Gasteiger partial charge in [0.2, 0.25) is 0 Å². The number of benzene rings is 2. The first-order valence-electron chi connectivity index (χ1n) is 8.65. The molecule has 7 nitrogen and oxygen atoms in total. The van der Waals surface area contributed by atoms with Crippen molar-refractivity contribution in [3.63, 3.8) is 0 Å². The van der Waals surface area contributed by atoms with Gasteiger partial charge in [-0.25, -0.2) is 4.79 Å². The zero-order valence-corrected chi connectivity index (χ0v) is 16.0. The van der Waals surface area contributed by atoms with Crippen LogP contribution in [0, 0.1) is 0 Å². The second-order valence-corrected chi connectivity index (χ2v) is 6.74. The van der Waals surface area contributed by atoms with E-state index in [1.54, 1.807) is 16.2 Å². The predicted octanol–water partition coefficient (Wildman–Crippen LogP) is 1.44. The van der Waals surface area contributed by atoms with Gasteiger partial charge in [-0.05, 0) is 42.3 Å². The van der Waals surface area contributed by atoms with E-state index < -0.39 is 12.0 Å². The lowest BCUT2D eigenvalue weighted by molar-refractivity contribution is -0.142. The second-order valence-electron chi connectivity index (χ2n) is 6.74. The Morgan fingerprint density at radius 2 is 1.81 bits per heavy atom. The molecule has 0 radical (unpaired) electrons. The molecule has 1 aromatic heterocycles. The van der Waals surface area contributed by atoms with Crippen molar-refractivity contribution < 1.29 is 9.53 Å². The number of anilines is 1. The summed E-state index contributed by atoms with van der Waals surface area (Å²) in [5, 5.41) is 0. The molecule has 1 atom stereocenters. The lowest BCUT2D eigenvalue weighted by Gasteiger charge is -2.12. The van der Waals surface area contributed by atoms with Crippen molar-refractivity contribution in [3.05, 3.63) is 58.5 Å². The summed E-state index contributed by atoms with van der Waals surface area (Å²) < 4.78 is 7.98. The van der Waals surface area contributed by atoms with Crippen LogP contribution in [0.15, 0.2) is 47.3 Å². The van der Waals surface area contributed by atoms with Crippen LogP contribution >= 0.6 is 0 Å². The Kier molecular flexibility index (Phi) is 5.05. The maximum absolute atomic E-state index is 12.8. The fraction of sp³-hybridized carbons (Fsp3) is 0.300. The highest BCUT2D eigenvalue weighted by molar-refractivity contribution is 5.82. The van der Waals surface area contributed by atoms with E-state index in [9.17, 15) is 9.59 Å². The molecule has 2 aromatic carbocycles. The number of esters is 1. The number of ether oxygens (including phenoxy) is 1. The summed E-state index contributed by atoms with van der Waals surface area (Å²) in [7, 11) is 7.02. The van der Waals surface area contributed by atoms with E-state index in [2.05, 4.69) is 4.74 Å². The van der Waals surface area contributed by atoms with Crippen LogP contribution in [0.4, 0.5) is 5.69 Å². The third-order valence-corrected chi connectivity index (χ3v) is 4.71. The summed E-state index contributed by atoms with van der Waals surface area (Å²) >= 11 is 0. The molecule has 1 unspecified atom stereocenters. The molecule has 27 heavy (non-hydrogen) atoms. The highest BCUT2D eigenvalue weighted by Gasteiger charge is 2.16. The van der Waals surface area contributed by atoms with Crippen molar-refractivity contribution >= 4 is 22.7 Å². The molecule has 0 saturated carbocycles. The van der Waals surface area contributed by atoms with Crippen LogP contribution in [-0.2, 0) is 23.0 Å². The Balaban J connectivity index is 1.99. The van der Waals surface area contributed by atoms with E-state index in [4.69, 9.17) is 5.73 Å². The second kappa shape index (κ2) is 7.28. The Hall–Kier alpha value is -3.06. The molecular weight excluding hydrogens is 344 g/mol. The number of carbonyl (C=O) groups is 1. The summed E-state index contributed by atoms with van der Waals surface area (Å²) in [5.41, 5.74) is 10.1. The van der Waals surface area contributed by atoms with E-state index in [0.717, 1.165) is 28.0 Å². The summed E-state index contributed by atoms with van der Waals surface area (Å²) in [6.07, 6.45) is 0.379. The zero-order valence-electron chi connectivity index (χ0n) is 16.0. The van der Waals surface area contributed by atoms with Crippen LogP contribution in [-0.4, -0.2) is 42.4 Å². The van der Waals surface area contributed by atoms with Crippen molar-refractivity contribution in [3.8, 4) is 5.69 Å². The van der Waals surface area contributed by atoms with Crippen LogP contribution in [0.1, 0.15) is 5.56 Å². The molecule has 7 heteroatoms. The Morgan fingerprint density at radius 3 is 2.41 bits per heavy atom. The first-order valence-corrected chi connectivity index (χ1v) is 8.65. The van der Waals surface area contributed by atoms with Crippen molar-refractivity contribution in [1.29, 1.82) is 0 Å². The maximum atomic E-state index is 12.8. The topological polar surface area (TPSA) is 82.5 Å².